The average molecular weight is 250 g/mol. The summed E-state index contributed by atoms with van der Waals surface area (Å²) in [7, 11) is -1.48. The SMILES string of the molecule is COC(=O)C(CCCN=C(N)N)N=S(=O)=O. The first kappa shape index (κ1) is 14.4. The minimum absolute atomic E-state index is 0.0565. The van der Waals surface area contributed by atoms with E-state index in [4.69, 9.17) is 11.5 Å². The van der Waals surface area contributed by atoms with Gasteiger partial charge in [0.25, 0.3) is 0 Å². The van der Waals surface area contributed by atoms with Gasteiger partial charge in [0, 0.05) is 6.54 Å². The highest BCUT2D eigenvalue weighted by molar-refractivity contribution is 7.61. The quantitative estimate of drug-likeness (QED) is 0.258. The molecule has 0 aromatic carbocycles. The highest BCUT2D eigenvalue weighted by Gasteiger charge is 2.18. The minimum Gasteiger partial charge on any atom is -0.467 e. The van der Waals surface area contributed by atoms with Gasteiger partial charge >= 0.3 is 16.5 Å². The van der Waals surface area contributed by atoms with Crippen LogP contribution in [0, 0.1) is 0 Å². The lowest BCUT2D eigenvalue weighted by molar-refractivity contribution is -0.142. The van der Waals surface area contributed by atoms with Crippen LogP contribution in [0.1, 0.15) is 12.8 Å². The summed E-state index contributed by atoms with van der Waals surface area (Å²) in [5.41, 5.74) is 10.2. The van der Waals surface area contributed by atoms with Crippen molar-refractivity contribution in [2.45, 2.75) is 18.9 Å². The molecule has 16 heavy (non-hydrogen) atoms. The zero-order valence-corrected chi connectivity index (χ0v) is 9.61. The van der Waals surface area contributed by atoms with Crippen LogP contribution < -0.4 is 11.5 Å². The van der Waals surface area contributed by atoms with Crippen molar-refractivity contribution in [1.29, 1.82) is 0 Å². The number of ether oxygens (including phenoxy) is 1. The van der Waals surface area contributed by atoms with Crippen molar-refractivity contribution in [3.8, 4) is 0 Å². The minimum atomic E-state index is -2.64. The molecule has 0 fully saturated rings. The summed E-state index contributed by atoms with van der Waals surface area (Å²) in [5, 5.41) is 0. The maximum absolute atomic E-state index is 11.1. The average Bonchev–Trinajstić information content (AvgIpc) is 2.20. The van der Waals surface area contributed by atoms with Crippen LogP contribution in [0.5, 0.6) is 0 Å². The highest BCUT2D eigenvalue weighted by Crippen LogP contribution is 2.04. The maximum Gasteiger partial charge on any atom is 0.331 e. The topological polar surface area (TPSA) is 137 Å². The van der Waals surface area contributed by atoms with Crippen molar-refractivity contribution in [1.82, 2.24) is 0 Å². The smallest absolute Gasteiger partial charge is 0.331 e. The normalized spacial score (nSPS) is 11.3. The second-order valence-electron chi connectivity index (χ2n) is 2.81. The summed E-state index contributed by atoms with van der Waals surface area (Å²) < 4.78 is 28.3. The Bertz CT molecular complexity index is 377. The van der Waals surface area contributed by atoms with Gasteiger partial charge in [-0.3, -0.25) is 4.99 Å². The predicted octanol–water partition coefficient (Wildman–Crippen LogP) is -1.36. The van der Waals surface area contributed by atoms with E-state index in [-0.39, 0.29) is 12.4 Å². The molecule has 1 unspecified atom stereocenters. The Morgan fingerprint density at radius 1 is 1.44 bits per heavy atom. The first-order valence-electron chi connectivity index (χ1n) is 4.40. The van der Waals surface area contributed by atoms with Crippen LogP contribution in [0.3, 0.4) is 0 Å². The number of methoxy groups -OCH3 is 1. The van der Waals surface area contributed by atoms with E-state index in [1.54, 1.807) is 0 Å². The molecule has 0 rings (SSSR count). The van der Waals surface area contributed by atoms with Gasteiger partial charge in [-0.25, -0.2) is 4.79 Å². The Labute approximate surface area is 94.4 Å². The third-order valence-electron chi connectivity index (χ3n) is 1.62. The van der Waals surface area contributed by atoms with E-state index in [0.29, 0.717) is 13.0 Å². The molecule has 0 bridgehead atoms. The summed E-state index contributed by atoms with van der Waals surface area (Å²) in [6, 6.07) is -1.03. The maximum atomic E-state index is 11.1. The summed E-state index contributed by atoms with van der Waals surface area (Å²) in [6.45, 7) is 0.302. The van der Waals surface area contributed by atoms with Crippen molar-refractivity contribution >= 4 is 22.4 Å². The lowest BCUT2D eigenvalue weighted by atomic mass is 10.2. The molecular weight excluding hydrogens is 236 g/mol. The first-order valence-corrected chi connectivity index (χ1v) is 5.44. The molecule has 1 atom stereocenters. The van der Waals surface area contributed by atoms with Crippen LogP contribution in [-0.2, 0) is 20.0 Å². The number of esters is 1. The Hall–Kier alpha value is -1.64. The number of nitrogens with zero attached hydrogens (tertiary/aromatic N) is 2. The molecule has 0 aromatic heterocycles. The molecule has 0 aliphatic carbocycles. The van der Waals surface area contributed by atoms with Crippen molar-refractivity contribution in [2.24, 2.45) is 20.8 Å². The van der Waals surface area contributed by atoms with Gasteiger partial charge in [0.15, 0.2) is 12.0 Å². The molecule has 0 aliphatic heterocycles. The molecule has 0 saturated heterocycles. The number of aliphatic imine (C=N–C) groups is 1. The van der Waals surface area contributed by atoms with Crippen LogP contribution in [0.2, 0.25) is 0 Å². The molecule has 92 valence electrons. The second kappa shape index (κ2) is 7.63. The summed E-state index contributed by atoms with van der Waals surface area (Å²) in [6.07, 6.45) is 0.635. The number of nitrogens with two attached hydrogens (primary N) is 2. The van der Waals surface area contributed by atoms with E-state index in [1.807, 2.05) is 0 Å². The third kappa shape index (κ3) is 6.76. The van der Waals surface area contributed by atoms with Crippen LogP contribution in [0.15, 0.2) is 9.36 Å². The number of carbonyl (C=O) groups excluding carboxylic acids is 1. The molecule has 4 N–H and O–H groups in total. The zero-order valence-electron chi connectivity index (χ0n) is 8.79. The Morgan fingerprint density at radius 3 is 2.50 bits per heavy atom. The van der Waals surface area contributed by atoms with Gasteiger partial charge in [-0.2, -0.15) is 12.8 Å². The van der Waals surface area contributed by atoms with E-state index in [0.717, 1.165) is 7.11 Å². The fourth-order valence-electron chi connectivity index (χ4n) is 0.946. The second-order valence-corrected chi connectivity index (χ2v) is 3.46. The van der Waals surface area contributed by atoms with Gasteiger partial charge in [0.1, 0.15) is 0 Å². The van der Waals surface area contributed by atoms with Crippen LogP contribution >= 0.6 is 0 Å². The molecule has 0 aromatic rings. The number of hydrogen-bond acceptors (Lipinski definition) is 6. The number of rotatable bonds is 6. The van der Waals surface area contributed by atoms with Gasteiger partial charge in [0.05, 0.1) is 7.11 Å². The molecule has 8 nitrogen and oxygen atoms in total. The molecule has 9 heteroatoms. The van der Waals surface area contributed by atoms with E-state index in [9.17, 15) is 13.2 Å². The van der Waals surface area contributed by atoms with Crippen molar-refractivity contribution in [3.63, 3.8) is 0 Å². The third-order valence-corrected chi connectivity index (χ3v) is 2.04. The Morgan fingerprint density at radius 2 is 2.06 bits per heavy atom. The first-order chi connectivity index (χ1) is 7.47. The van der Waals surface area contributed by atoms with Gasteiger partial charge < -0.3 is 16.2 Å². The Balaban J connectivity index is 4.29. The number of guanidine groups is 1. The van der Waals surface area contributed by atoms with Crippen LogP contribution in [0.4, 0.5) is 0 Å². The van der Waals surface area contributed by atoms with Crippen molar-refractivity contribution < 1.29 is 17.9 Å². The number of hydrogen-bond donors (Lipinski definition) is 2. The van der Waals surface area contributed by atoms with Crippen LogP contribution in [0.25, 0.3) is 0 Å². The summed E-state index contributed by atoms with van der Waals surface area (Å²) >= 11 is 0. The zero-order chi connectivity index (χ0) is 12.6. The van der Waals surface area contributed by atoms with Crippen LogP contribution in [-0.4, -0.2) is 40.0 Å². The lowest BCUT2D eigenvalue weighted by Gasteiger charge is -2.06. The Kier molecular flexibility index (Phi) is 6.84. The molecule has 0 aliphatic rings. The van der Waals surface area contributed by atoms with Gasteiger partial charge in [-0.1, -0.05) is 0 Å². The van der Waals surface area contributed by atoms with Gasteiger partial charge in [0.2, 0.25) is 0 Å². The molecule has 0 amide bonds. The number of carbonyl (C=O) groups is 1. The van der Waals surface area contributed by atoms with E-state index < -0.39 is 22.5 Å². The molecule has 0 heterocycles. The summed E-state index contributed by atoms with van der Waals surface area (Å²) in [5.74, 6) is -0.757. The largest absolute Gasteiger partial charge is 0.467 e. The van der Waals surface area contributed by atoms with Crippen molar-refractivity contribution in [3.05, 3.63) is 0 Å². The van der Waals surface area contributed by atoms with Gasteiger partial charge in [-0.05, 0) is 12.8 Å². The van der Waals surface area contributed by atoms with E-state index in [2.05, 4.69) is 14.1 Å². The predicted molar refractivity (Wildman–Crippen MR) is 57.1 cm³/mol. The molecule has 0 radical (unpaired) electrons. The fourth-order valence-corrected chi connectivity index (χ4v) is 1.35. The monoisotopic (exact) mass is 250 g/mol. The highest BCUT2D eigenvalue weighted by atomic mass is 32.2. The van der Waals surface area contributed by atoms with E-state index >= 15 is 0 Å². The fraction of sp³-hybridized carbons (Fsp3) is 0.714. The van der Waals surface area contributed by atoms with Crippen molar-refractivity contribution in [2.75, 3.05) is 13.7 Å². The molecular formula is C7H14N4O4S. The molecule has 0 saturated carbocycles. The standard InChI is InChI=1S/C7H14N4O4S/c1-15-6(12)5(11-16(13)14)3-2-4-10-7(8)9/h5H,2-4H2,1H3,(H4,8,9,10). The summed E-state index contributed by atoms with van der Waals surface area (Å²) in [4.78, 5) is 14.8. The van der Waals surface area contributed by atoms with E-state index in [1.165, 1.54) is 0 Å². The van der Waals surface area contributed by atoms with Gasteiger partial charge in [-0.15, -0.1) is 0 Å². The molecule has 0 spiro atoms. The lowest BCUT2D eigenvalue weighted by Crippen LogP contribution is -2.23.